The molecule has 1 N–H and O–H groups in total. The van der Waals surface area contributed by atoms with Crippen LogP contribution in [0.1, 0.15) is 28.5 Å². The first-order valence-corrected chi connectivity index (χ1v) is 8.07. The van der Waals surface area contributed by atoms with E-state index >= 15 is 0 Å². The van der Waals surface area contributed by atoms with Gasteiger partial charge in [0, 0.05) is 16.7 Å². The van der Waals surface area contributed by atoms with Gasteiger partial charge in [-0.15, -0.1) is 0 Å². The molecule has 4 rings (SSSR count). The Hall–Kier alpha value is -2.92. The van der Waals surface area contributed by atoms with Gasteiger partial charge in [0.05, 0.1) is 11.3 Å². The summed E-state index contributed by atoms with van der Waals surface area (Å²) in [6.07, 6.45) is -5.61. The van der Waals surface area contributed by atoms with Crippen molar-refractivity contribution in [2.24, 2.45) is 4.99 Å². The molecule has 1 unspecified atom stereocenters. The average molecular weight is 353 g/mol. The summed E-state index contributed by atoms with van der Waals surface area (Å²) in [5.74, 6) is 0. The number of alkyl halides is 3. The van der Waals surface area contributed by atoms with Crippen molar-refractivity contribution in [3.05, 3.63) is 95.1 Å². The second kappa shape index (κ2) is 6.11. The van der Waals surface area contributed by atoms with Gasteiger partial charge in [-0.05, 0) is 23.3 Å². The number of aliphatic hydroxyl groups is 1. The van der Waals surface area contributed by atoms with Crippen LogP contribution in [-0.2, 0) is 6.18 Å². The topological polar surface area (TPSA) is 32.6 Å². The molecule has 2 nitrogen and oxygen atoms in total. The molecule has 1 atom stereocenters. The van der Waals surface area contributed by atoms with E-state index in [9.17, 15) is 18.3 Å². The van der Waals surface area contributed by atoms with Crippen LogP contribution in [0.3, 0.4) is 0 Å². The SMILES string of the molecule is OC1N=C(c2ccccc2)c2cc(C(F)(F)F)ccc2-c2ccccc21. The van der Waals surface area contributed by atoms with Crippen molar-refractivity contribution >= 4 is 5.71 Å². The Morgan fingerprint density at radius 3 is 2.19 bits per heavy atom. The summed E-state index contributed by atoms with van der Waals surface area (Å²) in [5, 5.41) is 10.6. The largest absolute Gasteiger partial charge is 0.416 e. The van der Waals surface area contributed by atoms with Gasteiger partial charge in [-0.1, -0.05) is 60.7 Å². The fraction of sp³-hybridized carbons (Fsp3) is 0.0952. The first kappa shape index (κ1) is 16.5. The van der Waals surface area contributed by atoms with Crippen LogP contribution in [0.5, 0.6) is 0 Å². The Morgan fingerprint density at radius 2 is 1.46 bits per heavy atom. The monoisotopic (exact) mass is 353 g/mol. The highest BCUT2D eigenvalue weighted by molar-refractivity contribution is 6.17. The van der Waals surface area contributed by atoms with E-state index in [1.807, 2.05) is 6.07 Å². The molecule has 0 saturated carbocycles. The third-order valence-electron chi connectivity index (χ3n) is 4.43. The fourth-order valence-electron chi connectivity index (χ4n) is 3.21. The third kappa shape index (κ3) is 2.80. The van der Waals surface area contributed by atoms with Crippen molar-refractivity contribution in [1.29, 1.82) is 0 Å². The van der Waals surface area contributed by atoms with E-state index in [4.69, 9.17) is 0 Å². The molecule has 0 amide bonds. The second-order valence-electron chi connectivity index (χ2n) is 6.06. The number of halogens is 3. The molecule has 3 aromatic rings. The molecular formula is C21H14F3NO. The minimum Gasteiger partial charge on any atom is -0.368 e. The highest BCUT2D eigenvalue weighted by Gasteiger charge is 2.33. The summed E-state index contributed by atoms with van der Waals surface area (Å²) in [7, 11) is 0. The van der Waals surface area contributed by atoms with E-state index in [1.165, 1.54) is 6.07 Å². The predicted octanol–water partition coefficient (Wildman–Crippen LogP) is 5.21. The van der Waals surface area contributed by atoms with Crippen molar-refractivity contribution in [2.45, 2.75) is 12.4 Å². The van der Waals surface area contributed by atoms with Crippen molar-refractivity contribution in [2.75, 3.05) is 0 Å². The third-order valence-corrected chi connectivity index (χ3v) is 4.43. The smallest absolute Gasteiger partial charge is 0.368 e. The number of rotatable bonds is 1. The summed E-state index contributed by atoms with van der Waals surface area (Å²) in [5.41, 5.74) is 2.48. The normalized spacial score (nSPS) is 16.3. The van der Waals surface area contributed by atoms with Gasteiger partial charge in [0.25, 0.3) is 0 Å². The van der Waals surface area contributed by atoms with Gasteiger partial charge in [-0.2, -0.15) is 13.2 Å². The zero-order chi connectivity index (χ0) is 18.3. The predicted molar refractivity (Wildman–Crippen MR) is 93.9 cm³/mol. The van der Waals surface area contributed by atoms with Crippen LogP contribution in [0.25, 0.3) is 11.1 Å². The Morgan fingerprint density at radius 1 is 0.769 bits per heavy atom. The molecule has 0 fully saturated rings. The minimum atomic E-state index is -4.46. The molecule has 26 heavy (non-hydrogen) atoms. The molecule has 0 aliphatic carbocycles. The second-order valence-corrected chi connectivity index (χ2v) is 6.06. The van der Waals surface area contributed by atoms with E-state index in [2.05, 4.69) is 4.99 Å². The van der Waals surface area contributed by atoms with Crippen LogP contribution in [0.4, 0.5) is 13.2 Å². The number of aliphatic hydroxyl groups excluding tert-OH is 1. The lowest BCUT2D eigenvalue weighted by Crippen LogP contribution is -2.10. The van der Waals surface area contributed by atoms with Crippen LogP contribution in [-0.4, -0.2) is 10.8 Å². The molecule has 0 aromatic heterocycles. The first-order chi connectivity index (χ1) is 12.4. The molecule has 1 aliphatic rings. The molecule has 130 valence electrons. The van der Waals surface area contributed by atoms with Gasteiger partial charge in [0.1, 0.15) is 0 Å². The number of fused-ring (bicyclic) bond motifs is 3. The minimum absolute atomic E-state index is 0.343. The fourth-order valence-corrected chi connectivity index (χ4v) is 3.21. The van der Waals surface area contributed by atoms with Crippen LogP contribution >= 0.6 is 0 Å². The highest BCUT2D eigenvalue weighted by Crippen LogP contribution is 2.39. The van der Waals surface area contributed by atoms with Crippen LogP contribution in [0, 0.1) is 0 Å². The number of hydrogen-bond donors (Lipinski definition) is 1. The molecule has 0 spiro atoms. The van der Waals surface area contributed by atoms with Gasteiger partial charge in [-0.25, -0.2) is 4.99 Å². The molecule has 0 radical (unpaired) electrons. The maximum atomic E-state index is 13.3. The summed E-state index contributed by atoms with van der Waals surface area (Å²) in [6, 6.07) is 19.6. The summed E-state index contributed by atoms with van der Waals surface area (Å²) in [4.78, 5) is 4.36. The van der Waals surface area contributed by atoms with Gasteiger partial charge in [0.2, 0.25) is 0 Å². The van der Waals surface area contributed by atoms with E-state index in [-0.39, 0.29) is 0 Å². The van der Waals surface area contributed by atoms with Crippen molar-refractivity contribution in [3.8, 4) is 11.1 Å². The maximum absolute atomic E-state index is 13.3. The number of aliphatic imine (C=N–C) groups is 1. The summed E-state index contributed by atoms with van der Waals surface area (Å²) >= 11 is 0. The van der Waals surface area contributed by atoms with E-state index < -0.39 is 18.0 Å². The van der Waals surface area contributed by atoms with Gasteiger partial charge >= 0.3 is 6.18 Å². The summed E-state index contributed by atoms with van der Waals surface area (Å²) < 4.78 is 39.8. The number of hydrogen-bond acceptors (Lipinski definition) is 2. The molecule has 0 saturated heterocycles. The number of benzene rings is 3. The molecule has 3 aromatic carbocycles. The number of nitrogens with zero attached hydrogens (tertiary/aromatic N) is 1. The Balaban J connectivity index is 2.04. The van der Waals surface area contributed by atoms with Crippen molar-refractivity contribution in [3.63, 3.8) is 0 Å². The molecule has 5 heteroatoms. The zero-order valence-corrected chi connectivity index (χ0v) is 13.5. The molecular weight excluding hydrogens is 339 g/mol. The van der Waals surface area contributed by atoms with Gasteiger partial charge in [0.15, 0.2) is 6.23 Å². The van der Waals surface area contributed by atoms with Crippen LogP contribution < -0.4 is 0 Å². The van der Waals surface area contributed by atoms with E-state index in [1.54, 1.807) is 48.5 Å². The maximum Gasteiger partial charge on any atom is 0.416 e. The van der Waals surface area contributed by atoms with Gasteiger partial charge in [-0.3, -0.25) is 0 Å². The van der Waals surface area contributed by atoms with Crippen molar-refractivity contribution < 1.29 is 18.3 Å². The lowest BCUT2D eigenvalue weighted by Gasteiger charge is -2.15. The Labute approximate surface area is 148 Å². The van der Waals surface area contributed by atoms with Crippen LogP contribution in [0.15, 0.2) is 77.8 Å². The quantitative estimate of drug-likeness (QED) is 0.640. The lowest BCUT2D eigenvalue weighted by molar-refractivity contribution is -0.137. The molecule has 1 aliphatic heterocycles. The average Bonchev–Trinajstić information content (AvgIpc) is 2.77. The van der Waals surface area contributed by atoms with Gasteiger partial charge < -0.3 is 5.11 Å². The first-order valence-electron chi connectivity index (χ1n) is 8.07. The zero-order valence-electron chi connectivity index (χ0n) is 13.5. The van der Waals surface area contributed by atoms with Crippen molar-refractivity contribution in [1.82, 2.24) is 0 Å². The van der Waals surface area contributed by atoms with Crippen LogP contribution in [0.2, 0.25) is 0 Å². The molecule has 1 heterocycles. The Kier molecular flexibility index (Phi) is 3.89. The van der Waals surface area contributed by atoms with E-state index in [0.717, 1.165) is 12.1 Å². The van der Waals surface area contributed by atoms with E-state index in [0.29, 0.717) is 33.5 Å². The molecule has 0 bridgehead atoms. The summed E-state index contributed by atoms with van der Waals surface area (Å²) in [6.45, 7) is 0. The Bertz CT molecular complexity index is 994. The lowest BCUT2D eigenvalue weighted by atomic mass is 9.90. The highest BCUT2D eigenvalue weighted by atomic mass is 19.4. The standard InChI is InChI=1S/C21H14F3NO/c22-21(23,24)14-10-11-16-15-8-4-5-9-17(15)20(26)25-19(18(16)12-14)13-6-2-1-3-7-13/h1-12,20,26H.